The van der Waals surface area contributed by atoms with Crippen molar-refractivity contribution in [3.8, 4) is 6.01 Å². The van der Waals surface area contributed by atoms with Crippen molar-refractivity contribution in [2.75, 3.05) is 38.1 Å². The van der Waals surface area contributed by atoms with E-state index in [-0.39, 0.29) is 42.9 Å². The van der Waals surface area contributed by atoms with Gasteiger partial charge in [0.15, 0.2) is 17.2 Å². The van der Waals surface area contributed by atoms with Crippen molar-refractivity contribution in [3.63, 3.8) is 0 Å². The number of hydrogen-bond donors (Lipinski definition) is 1. The lowest BCUT2D eigenvalue weighted by Crippen LogP contribution is -2.45. The Labute approximate surface area is 407 Å². The zero-order chi connectivity index (χ0) is 49.9. The van der Waals surface area contributed by atoms with Gasteiger partial charge < -0.3 is 33.3 Å². The molecule has 3 aromatic heterocycles. The molecule has 1 N–H and O–H groups in total. The molecule has 69 heavy (non-hydrogen) atoms. The van der Waals surface area contributed by atoms with Gasteiger partial charge in [0, 0.05) is 50.6 Å². The number of furan rings is 1. The van der Waals surface area contributed by atoms with Crippen molar-refractivity contribution in [2.24, 2.45) is 5.92 Å². The molecule has 0 radical (unpaired) electrons. The number of carbonyl (C=O) groups is 2. The summed E-state index contributed by atoms with van der Waals surface area (Å²) in [5.74, 6) is 1.50. The third kappa shape index (κ3) is 13.7. The van der Waals surface area contributed by atoms with Gasteiger partial charge in [0.05, 0.1) is 23.2 Å². The predicted molar refractivity (Wildman–Crippen MR) is 272 cm³/mol. The van der Waals surface area contributed by atoms with Gasteiger partial charge in [-0.1, -0.05) is 81.4 Å². The van der Waals surface area contributed by atoms with Gasteiger partial charge in [-0.25, -0.2) is 24.4 Å². The molecule has 15 heteroatoms. The van der Waals surface area contributed by atoms with Gasteiger partial charge in [-0.15, -0.1) is 0 Å². The monoisotopic (exact) mass is 948 g/mol. The average molecular weight is 948 g/mol. The van der Waals surface area contributed by atoms with Crippen LogP contribution in [0.15, 0.2) is 89.4 Å². The van der Waals surface area contributed by atoms with Crippen LogP contribution in [0.3, 0.4) is 0 Å². The first kappa shape index (κ1) is 52.2. The molecule has 0 bridgehead atoms. The lowest BCUT2D eigenvalue weighted by atomic mass is 9.93. The molecule has 2 fully saturated rings. The minimum absolute atomic E-state index is 0.0877. The number of aromatic nitrogens is 4. The van der Waals surface area contributed by atoms with Crippen LogP contribution in [0.1, 0.15) is 119 Å². The van der Waals surface area contributed by atoms with Crippen molar-refractivity contribution in [3.05, 3.63) is 96.3 Å². The number of hydrogen-bond acceptors (Lipinski definition) is 12. The van der Waals surface area contributed by atoms with Crippen molar-refractivity contribution in [1.82, 2.24) is 29.3 Å². The Hall–Kier alpha value is -6.19. The van der Waals surface area contributed by atoms with E-state index in [1.165, 1.54) is 0 Å². The van der Waals surface area contributed by atoms with Crippen molar-refractivity contribution < 1.29 is 38.4 Å². The highest BCUT2D eigenvalue weighted by atomic mass is 17.1. The molecule has 15 nitrogen and oxygen atoms in total. The number of ether oxygens (including phenoxy) is 3. The first-order valence-electron chi connectivity index (χ1n) is 24.5. The average Bonchev–Trinajstić information content (AvgIpc) is 4.01. The van der Waals surface area contributed by atoms with Crippen LogP contribution in [0.2, 0.25) is 0 Å². The number of carbonyl (C=O) groups excluding carboxylic acids is 2. The van der Waals surface area contributed by atoms with Crippen LogP contribution in [0.4, 0.5) is 15.4 Å². The van der Waals surface area contributed by atoms with Crippen LogP contribution in [-0.4, -0.2) is 103 Å². The highest BCUT2D eigenvalue weighted by Gasteiger charge is 2.38. The van der Waals surface area contributed by atoms with Crippen LogP contribution < -0.4 is 9.64 Å². The summed E-state index contributed by atoms with van der Waals surface area (Å²) in [5, 5.41) is 8.85. The SMILES string of the molecule is CC.CC(C)(C)OO.C[C@@H]1C[C@H](Oc2nc3ccccc3n2[C@H]2CCN(C(=O)OC(C)(C)C)C[C@@H]2C)CN1c1nc(/C=C/CCCCN(C)C(=O)OCc2ccccc2)nc2c1oc1ccccc12. The number of amides is 2. The minimum Gasteiger partial charge on any atom is -0.459 e. The number of likely N-dealkylation sites (tertiary alicyclic amines) is 1. The summed E-state index contributed by atoms with van der Waals surface area (Å²) in [4.78, 5) is 50.3. The summed E-state index contributed by atoms with van der Waals surface area (Å²) >= 11 is 0. The number of para-hydroxylation sites is 3. The Morgan fingerprint density at radius 1 is 0.884 bits per heavy atom. The molecule has 2 aliphatic rings. The molecule has 2 saturated heterocycles. The second-order valence-electron chi connectivity index (χ2n) is 19.7. The van der Waals surface area contributed by atoms with Crippen molar-refractivity contribution in [2.45, 2.75) is 137 Å². The second-order valence-corrected chi connectivity index (χ2v) is 19.7. The molecular formula is C54H73N7O8. The fraction of sp³-hybridized carbons (Fsp3) is 0.500. The minimum atomic E-state index is -0.549. The smallest absolute Gasteiger partial charge is 0.410 e. The van der Waals surface area contributed by atoms with Gasteiger partial charge in [-0.05, 0) is 116 Å². The maximum Gasteiger partial charge on any atom is 0.410 e. The normalized spacial score (nSPS) is 18.5. The molecule has 0 saturated carbocycles. The van der Waals surface area contributed by atoms with Gasteiger partial charge in [-0.3, -0.25) is 9.82 Å². The maximum atomic E-state index is 13.0. The topological polar surface area (TPSA) is 158 Å². The van der Waals surface area contributed by atoms with Gasteiger partial charge in [0.1, 0.15) is 29.4 Å². The molecule has 8 rings (SSSR count). The van der Waals surface area contributed by atoms with E-state index in [4.69, 9.17) is 38.8 Å². The van der Waals surface area contributed by atoms with Gasteiger partial charge in [0.25, 0.3) is 6.01 Å². The van der Waals surface area contributed by atoms with Gasteiger partial charge in [-0.2, -0.15) is 4.98 Å². The highest BCUT2D eigenvalue weighted by molar-refractivity contribution is 6.06. The number of benzene rings is 3. The predicted octanol–water partition coefficient (Wildman–Crippen LogP) is 12.3. The zero-order valence-electron chi connectivity index (χ0n) is 42.5. The number of fused-ring (bicyclic) bond motifs is 4. The summed E-state index contributed by atoms with van der Waals surface area (Å²) in [6.45, 7) is 22.0. The van der Waals surface area contributed by atoms with E-state index in [0.29, 0.717) is 43.6 Å². The largest absolute Gasteiger partial charge is 0.459 e. The molecule has 6 aromatic rings. The number of unbranched alkanes of at least 4 members (excludes halogenated alkanes) is 2. The molecule has 4 atom stereocenters. The highest BCUT2D eigenvalue weighted by Crippen LogP contribution is 2.39. The molecule has 0 aliphatic carbocycles. The van der Waals surface area contributed by atoms with E-state index in [1.54, 1.807) is 32.7 Å². The molecule has 2 aliphatic heterocycles. The Morgan fingerprint density at radius 3 is 2.29 bits per heavy atom. The quantitative estimate of drug-likeness (QED) is 0.0704. The summed E-state index contributed by atoms with van der Waals surface area (Å²) in [5.41, 5.74) is 4.12. The summed E-state index contributed by atoms with van der Waals surface area (Å²) < 4.78 is 26.8. The molecule has 3 aromatic carbocycles. The van der Waals surface area contributed by atoms with Crippen LogP contribution in [-0.2, 0) is 21.0 Å². The van der Waals surface area contributed by atoms with E-state index < -0.39 is 11.2 Å². The van der Waals surface area contributed by atoms with E-state index in [1.807, 2.05) is 118 Å². The summed E-state index contributed by atoms with van der Waals surface area (Å²) in [6.07, 6.45) is 7.39. The fourth-order valence-corrected chi connectivity index (χ4v) is 8.53. The number of imidazole rings is 1. The van der Waals surface area contributed by atoms with Crippen LogP contribution >= 0.6 is 0 Å². The zero-order valence-corrected chi connectivity index (χ0v) is 42.5. The third-order valence-electron chi connectivity index (χ3n) is 11.9. The van der Waals surface area contributed by atoms with Crippen LogP contribution in [0, 0.1) is 5.92 Å². The molecule has 372 valence electrons. The molecular weight excluding hydrogens is 875 g/mol. The van der Waals surface area contributed by atoms with Crippen LogP contribution in [0.25, 0.3) is 39.2 Å². The number of piperidine rings is 1. The molecule has 2 amide bonds. The third-order valence-corrected chi connectivity index (χ3v) is 11.9. The van der Waals surface area contributed by atoms with E-state index in [2.05, 4.69) is 40.3 Å². The molecule has 0 spiro atoms. The van der Waals surface area contributed by atoms with Crippen molar-refractivity contribution >= 4 is 57.2 Å². The number of rotatable bonds is 12. The molecule has 0 unspecified atom stereocenters. The number of allylic oxidation sites excluding steroid dienone is 1. The Balaban J connectivity index is 0.000000909. The standard InChI is InChI=1S/C48H57N7O6.C4H10O2.C2H6/c1-32-29-53(47(57)61-48(3,4)5)27-25-38(32)55-39-22-15-14-21-37(39)49-45(55)59-35-28-33(2)54(30-35)44-43-42(36-20-13-16-23-40(36)60-43)50-41(51-44)24-12-7-8-17-26-52(6)46(56)58-31-34-18-10-9-11-19-34;1-4(2,3)6-5;1-2/h9-16,18-24,32-33,35,38H,7-8,17,25-31H2,1-6H3;5H,1-3H3;1-2H3/b24-12+;;/t32-,33+,35-,38-;;/m0../s1. The number of anilines is 1. The Morgan fingerprint density at radius 2 is 1.58 bits per heavy atom. The lowest BCUT2D eigenvalue weighted by molar-refractivity contribution is -0.306. The first-order valence-corrected chi connectivity index (χ1v) is 24.5. The number of nitrogens with zero attached hydrogens (tertiary/aromatic N) is 7. The summed E-state index contributed by atoms with van der Waals surface area (Å²) in [6, 6.07) is 26.6. The van der Waals surface area contributed by atoms with E-state index in [0.717, 1.165) is 71.0 Å². The first-order chi connectivity index (χ1) is 33.0. The molecule has 5 heterocycles. The second kappa shape index (κ2) is 23.4. The van der Waals surface area contributed by atoms with E-state index in [9.17, 15) is 9.59 Å². The van der Waals surface area contributed by atoms with Crippen molar-refractivity contribution in [1.29, 1.82) is 0 Å². The maximum absolute atomic E-state index is 13.0. The van der Waals surface area contributed by atoms with Gasteiger partial charge >= 0.3 is 12.2 Å². The Kier molecular flexibility index (Phi) is 17.7. The van der Waals surface area contributed by atoms with Gasteiger partial charge in [0.2, 0.25) is 0 Å². The van der Waals surface area contributed by atoms with E-state index >= 15 is 0 Å². The summed E-state index contributed by atoms with van der Waals surface area (Å²) in [7, 11) is 1.77. The lowest BCUT2D eigenvalue weighted by Gasteiger charge is -2.38. The van der Waals surface area contributed by atoms with Crippen LogP contribution in [0.5, 0.6) is 6.01 Å². The fourth-order valence-electron chi connectivity index (χ4n) is 8.53. The Bertz CT molecular complexity index is 2630.